The minimum absolute atomic E-state index is 0.0437. The summed E-state index contributed by atoms with van der Waals surface area (Å²) in [6, 6.07) is -0.551. The second-order valence-corrected chi connectivity index (χ2v) is 7.85. The van der Waals surface area contributed by atoms with E-state index in [1.54, 1.807) is 27.7 Å². The maximum Gasteiger partial charge on any atom is 0.248 e. The first kappa shape index (κ1) is 15.9. The van der Waals surface area contributed by atoms with E-state index in [0.29, 0.717) is 6.42 Å². The molecule has 2 amide bonds. The van der Waals surface area contributed by atoms with Crippen LogP contribution < -0.4 is 5.32 Å². The molecule has 1 N–H and O–H groups in total. The summed E-state index contributed by atoms with van der Waals surface area (Å²) in [5.41, 5.74) is -0.923. The number of rotatable bonds is 5. The van der Waals surface area contributed by atoms with Gasteiger partial charge < -0.3 is 10.2 Å². The third-order valence-corrected chi connectivity index (χ3v) is 5.16. The fourth-order valence-corrected chi connectivity index (χ4v) is 2.89. The summed E-state index contributed by atoms with van der Waals surface area (Å²) >= 11 is 0. The van der Waals surface area contributed by atoms with Crippen molar-refractivity contribution in [2.24, 2.45) is 0 Å². The monoisotopic (exact) mass is 290 g/mol. The van der Waals surface area contributed by atoms with Crippen molar-refractivity contribution in [1.82, 2.24) is 10.2 Å². The number of amides is 2. The Hall–Kier alpha value is -1.11. The summed E-state index contributed by atoms with van der Waals surface area (Å²) in [5.74, 6) is -0.235. The molecule has 1 aliphatic rings. The lowest BCUT2D eigenvalue weighted by molar-refractivity contribution is -0.152. The Labute approximate surface area is 114 Å². The lowest BCUT2D eigenvalue weighted by atomic mass is 9.97. The molecule has 1 heterocycles. The summed E-state index contributed by atoms with van der Waals surface area (Å²) in [6.45, 7) is 6.83. The average molecular weight is 290 g/mol. The number of carbonyl (C=O) groups excluding carboxylic acids is 2. The highest BCUT2D eigenvalue weighted by molar-refractivity contribution is 7.91. The number of piperazine rings is 1. The van der Waals surface area contributed by atoms with Crippen LogP contribution in [0.1, 0.15) is 34.1 Å². The topological polar surface area (TPSA) is 83.6 Å². The molecule has 0 bridgehead atoms. The first-order valence-corrected chi connectivity index (χ1v) is 8.26. The number of hydrogen-bond acceptors (Lipinski definition) is 4. The third-order valence-electron chi connectivity index (χ3n) is 3.37. The Morgan fingerprint density at radius 3 is 2.42 bits per heavy atom. The summed E-state index contributed by atoms with van der Waals surface area (Å²) in [5, 5.41) is 2.65. The van der Waals surface area contributed by atoms with Crippen LogP contribution in [0.25, 0.3) is 0 Å². The molecule has 0 aromatic rings. The van der Waals surface area contributed by atoms with E-state index in [2.05, 4.69) is 5.32 Å². The van der Waals surface area contributed by atoms with E-state index in [1.165, 1.54) is 4.90 Å². The highest BCUT2D eigenvalue weighted by Crippen LogP contribution is 2.18. The summed E-state index contributed by atoms with van der Waals surface area (Å²) < 4.78 is 22.8. The van der Waals surface area contributed by atoms with Crippen LogP contribution in [-0.2, 0) is 19.4 Å². The van der Waals surface area contributed by atoms with Crippen molar-refractivity contribution in [3.63, 3.8) is 0 Å². The molecule has 6 nitrogen and oxygen atoms in total. The van der Waals surface area contributed by atoms with E-state index in [-0.39, 0.29) is 29.9 Å². The van der Waals surface area contributed by atoms with Gasteiger partial charge in [-0.25, -0.2) is 8.42 Å². The van der Waals surface area contributed by atoms with E-state index in [9.17, 15) is 18.0 Å². The molecule has 110 valence electrons. The van der Waals surface area contributed by atoms with E-state index in [0.717, 1.165) is 0 Å². The smallest absolute Gasteiger partial charge is 0.248 e. The van der Waals surface area contributed by atoms with Gasteiger partial charge in [0.25, 0.3) is 0 Å². The number of carbonyl (C=O) groups is 2. The van der Waals surface area contributed by atoms with Gasteiger partial charge in [0.05, 0.1) is 5.75 Å². The van der Waals surface area contributed by atoms with Gasteiger partial charge in [0.15, 0.2) is 0 Å². The first-order chi connectivity index (χ1) is 8.60. The molecule has 0 radical (unpaired) electrons. The summed E-state index contributed by atoms with van der Waals surface area (Å²) in [4.78, 5) is 25.4. The van der Waals surface area contributed by atoms with Crippen LogP contribution in [0, 0.1) is 0 Å². The average Bonchev–Trinajstić information content (AvgIpc) is 2.31. The van der Waals surface area contributed by atoms with Gasteiger partial charge >= 0.3 is 0 Å². The van der Waals surface area contributed by atoms with Crippen LogP contribution in [-0.4, -0.2) is 54.8 Å². The largest absolute Gasteiger partial charge is 0.340 e. The van der Waals surface area contributed by atoms with Crippen molar-refractivity contribution in [3.05, 3.63) is 0 Å². The maximum absolute atomic E-state index is 12.2. The molecule has 0 aliphatic carbocycles. The number of nitrogens with zero attached hydrogens (tertiary/aromatic N) is 1. The minimum Gasteiger partial charge on any atom is -0.340 e. The molecule has 0 spiro atoms. The molecule has 0 aromatic carbocycles. The number of nitrogens with one attached hydrogen (secondary N) is 1. The molecule has 19 heavy (non-hydrogen) atoms. The van der Waals surface area contributed by atoms with Crippen LogP contribution in [0.2, 0.25) is 0 Å². The Kier molecular flexibility index (Phi) is 4.60. The minimum atomic E-state index is -3.04. The van der Waals surface area contributed by atoms with E-state index in [4.69, 9.17) is 0 Å². The molecule has 1 saturated heterocycles. The Morgan fingerprint density at radius 2 is 1.89 bits per heavy atom. The van der Waals surface area contributed by atoms with Crippen LogP contribution >= 0.6 is 0 Å². The van der Waals surface area contributed by atoms with E-state index in [1.807, 2.05) is 0 Å². The first-order valence-electron chi connectivity index (χ1n) is 6.44. The quantitative estimate of drug-likeness (QED) is 0.768. The summed E-state index contributed by atoms with van der Waals surface area (Å²) in [6.07, 6.45) is 0.357. The Bertz CT molecular complexity index is 470. The molecule has 0 saturated carbocycles. The zero-order chi connectivity index (χ0) is 14.8. The zero-order valence-corrected chi connectivity index (χ0v) is 12.7. The molecule has 1 atom stereocenters. The SMILES string of the molecule is CCS(=O)(=O)CCCN1C(=O)C(C)(C)NC(=O)C1C. The maximum atomic E-state index is 12.2. The third kappa shape index (κ3) is 3.68. The second-order valence-electron chi connectivity index (χ2n) is 5.38. The van der Waals surface area contributed by atoms with Crippen molar-refractivity contribution in [3.8, 4) is 0 Å². The van der Waals surface area contributed by atoms with Gasteiger partial charge in [-0.1, -0.05) is 6.92 Å². The molecule has 1 aliphatic heterocycles. The standard InChI is InChI=1S/C12H22N2O4S/c1-5-19(17,18)8-6-7-14-9(2)10(15)13-12(3,4)11(14)16/h9H,5-8H2,1-4H3,(H,13,15). The van der Waals surface area contributed by atoms with Crippen molar-refractivity contribution in [1.29, 1.82) is 0 Å². The van der Waals surface area contributed by atoms with Gasteiger partial charge in [0.1, 0.15) is 21.4 Å². The lowest BCUT2D eigenvalue weighted by Crippen LogP contribution is -2.67. The summed E-state index contributed by atoms with van der Waals surface area (Å²) in [7, 11) is -3.04. The molecular formula is C12H22N2O4S. The lowest BCUT2D eigenvalue weighted by Gasteiger charge is -2.41. The predicted molar refractivity (Wildman–Crippen MR) is 72.3 cm³/mol. The van der Waals surface area contributed by atoms with Crippen LogP contribution in [0.4, 0.5) is 0 Å². The van der Waals surface area contributed by atoms with Gasteiger partial charge in [-0.2, -0.15) is 0 Å². The highest BCUT2D eigenvalue weighted by atomic mass is 32.2. The normalized spacial score (nSPS) is 23.4. The zero-order valence-electron chi connectivity index (χ0n) is 11.9. The van der Waals surface area contributed by atoms with E-state index < -0.39 is 21.4 Å². The van der Waals surface area contributed by atoms with Crippen LogP contribution in [0.3, 0.4) is 0 Å². The Balaban J connectivity index is 2.70. The number of hydrogen-bond donors (Lipinski definition) is 1. The highest BCUT2D eigenvalue weighted by Gasteiger charge is 2.42. The van der Waals surface area contributed by atoms with Crippen molar-refractivity contribution < 1.29 is 18.0 Å². The van der Waals surface area contributed by atoms with Gasteiger partial charge in [-0.15, -0.1) is 0 Å². The predicted octanol–water partition coefficient (Wildman–Crippen LogP) is -0.0633. The van der Waals surface area contributed by atoms with Crippen LogP contribution in [0.5, 0.6) is 0 Å². The molecule has 1 rings (SSSR count). The van der Waals surface area contributed by atoms with Gasteiger partial charge in [0.2, 0.25) is 11.8 Å². The van der Waals surface area contributed by atoms with Gasteiger partial charge in [0, 0.05) is 12.3 Å². The van der Waals surface area contributed by atoms with Gasteiger partial charge in [-0.3, -0.25) is 9.59 Å². The second kappa shape index (κ2) is 5.48. The van der Waals surface area contributed by atoms with Crippen molar-refractivity contribution in [2.75, 3.05) is 18.1 Å². The number of sulfone groups is 1. The molecular weight excluding hydrogens is 268 g/mol. The van der Waals surface area contributed by atoms with Crippen LogP contribution in [0.15, 0.2) is 0 Å². The molecule has 1 fully saturated rings. The fraction of sp³-hybridized carbons (Fsp3) is 0.833. The van der Waals surface area contributed by atoms with Gasteiger partial charge in [-0.05, 0) is 27.2 Å². The molecule has 7 heteroatoms. The van der Waals surface area contributed by atoms with Crippen molar-refractivity contribution in [2.45, 2.75) is 45.7 Å². The Morgan fingerprint density at radius 1 is 1.32 bits per heavy atom. The molecule has 0 aromatic heterocycles. The van der Waals surface area contributed by atoms with E-state index >= 15 is 0 Å². The fourth-order valence-electron chi connectivity index (χ4n) is 2.04. The van der Waals surface area contributed by atoms with Crippen molar-refractivity contribution >= 4 is 21.7 Å². The molecule has 1 unspecified atom stereocenters.